The summed E-state index contributed by atoms with van der Waals surface area (Å²) in [4.78, 5) is 35.6. The van der Waals surface area contributed by atoms with Crippen LogP contribution in [0.3, 0.4) is 0 Å². The van der Waals surface area contributed by atoms with Crippen LogP contribution in [0.2, 0.25) is 0 Å². The quantitative estimate of drug-likeness (QED) is 0.285. The van der Waals surface area contributed by atoms with E-state index in [0.717, 1.165) is 56.1 Å². The minimum Gasteiger partial charge on any atom is -0.469 e. The van der Waals surface area contributed by atoms with Crippen molar-refractivity contribution < 1.29 is 19.4 Å². The second kappa shape index (κ2) is 13.4. The standard InChI is InChI=1S/C32H43N9O4/c1-24-5-7-25(8-6-24)32(23-42)10-14-38(15-11-32)27-4-3-12-41-30(27)35-31(36-41)34-26-20-33-40(21-26)22-28(43)39-18-16-37(17-19-39)13-9-29(44)45-2/h3-8,12,21,33,42H,9-11,13-20,22-23H2,1-2H3,(H,34,36). The Morgan fingerprint density at radius 2 is 1.82 bits per heavy atom. The van der Waals surface area contributed by atoms with E-state index in [1.807, 2.05) is 23.4 Å². The van der Waals surface area contributed by atoms with Gasteiger partial charge in [-0.05, 0) is 37.5 Å². The second-order valence-corrected chi connectivity index (χ2v) is 12.2. The van der Waals surface area contributed by atoms with Gasteiger partial charge in [0.1, 0.15) is 6.54 Å². The summed E-state index contributed by atoms with van der Waals surface area (Å²) < 4.78 is 6.51. The van der Waals surface area contributed by atoms with Gasteiger partial charge in [-0.15, -0.1) is 5.10 Å². The zero-order chi connectivity index (χ0) is 31.4. The van der Waals surface area contributed by atoms with Crippen LogP contribution in [0.4, 0.5) is 11.6 Å². The van der Waals surface area contributed by atoms with Crippen molar-refractivity contribution in [2.75, 3.05) is 82.8 Å². The Morgan fingerprint density at radius 1 is 1.07 bits per heavy atom. The summed E-state index contributed by atoms with van der Waals surface area (Å²) >= 11 is 0. The SMILES string of the molecule is COC(=O)CCN1CCN(C(=O)CN2C=C(Nc3nc4c(N5CCC(CO)(c6ccc(C)cc6)CC5)cccn4n3)CN2)CC1. The fourth-order valence-electron chi connectivity index (χ4n) is 6.42. The molecule has 0 bridgehead atoms. The molecular weight excluding hydrogens is 574 g/mol. The number of carbonyl (C=O) groups is 2. The molecule has 0 atom stereocenters. The summed E-state index contributed by atoms with van der Waals surface area (Å²) in [5, 5.41) is 20.2. The van der Waals surface area contributed by atoms with E-state index in [9.17, 15) is 14.7 Å². The van der Waals surface area contributed by atoms with Crippen molar-refractivity contribution in [3.8, 4) is 0 Å². The Kier molecular flexibility index (Phi) is 9.19. The molecule has 6 rings (SSSR count). The number of nitrogens with zero attached hydrogens (tertiary/aromatic N) is 7. The van der Waals surface area contributed by atoms with Crippen molar-refractivity contribution in [2.45, 2.75) is 31.6 Å². The minimum absolute atomic E-state index is 0.0530. The lowest BCUT2D eigenvalue weighted by Crippen LogP contribution is -2.51. The number of piperazine rings is 1. The zero-order valence-corrected chi connectivity index (χ0v) is 26.1. The number of fused-ring (bicyclic) bond motifs is 1. The number of rotatable bonds is 10. The minimum atomic E-state index is -0.231. The predicted octanol–water partition coefficient (Wildman–Crippen LogP) is 1.35. The molecule has 3 aliphatic heterocycles. The average Bonchev–Trinajstić information content (AvgIpc) is 3.70. The van der Waals surface area contributed by atoms with Crippen LogP contribution in [0.25, 0.3) is 5.65 Å². The number of carbonyl (C=O) groups excluding carboxylic acids is 2. The topological polar surface area (TPSA) is 131 Å². The van der Waals surface area contributed by atoms with Gasteiger partial charge >= 0.3 is 5.97 Å². The van der Waals surface area contributed by atoms with Crippen LogP contribution in [-0.4, -0.2) is 119 Å². The van der Waals surface area contributed by atoms with Gasteiger partial charge in [0.25, 0.3) is 0 Å². The maximum Gasteiger partial charge on any atom is 0.306 e. The lowest BCUT2D eigenvalue weighted by atomic mass is 9.73. The van der Waals surface area contributed by atoms with Crippen molar-refractivity contribution in [1.82, 2.24) is 34.8 Å². The lowest BCUT2D eigenvalue weighted by Gasteiger charge is -2.42. The Hall–Kier alpha value is -4.20. The summed E-state index contributed by atoms with van der Waals surface area (Å²) in [6.45, 7) is 8.01. The number of aliphatic hydroxyl groups excluding tert-OH is 1. The van der Waals surface area contributed by atoms with E-state index in [1.165, 1.54) is 18.2 Å². The molecule has 0 unspecified atom stereocenters. The number of aryl methyl sites for hydroxylation is 1. The van der Waals surface area contributed by atoms with E-state index < -0.39 is 0 Å². The molecule has 240 valence electrons. The van der Waals surface area contributed by atoms with Crippen LogP contribution < -0.4 is 15.6 Å². The maximum atomic E-state index is 13.0. The number of amides is 1. The Morgan fingerprint density at radius 3 is 2.53 bits per heavy atom. The molecule has 0 spiro atoms. The molecular formula is C32H43N9O4. The molecule has 2 aromatic heterocycles. The van der Waals surface area contributed by atoms with Crippen molar-refractivity contribution in [3.05, 3.63) is 65.6 Å². The normalized spacial score (nSPS) is 18.7. The van der Waals surface area contributed by atoms with Gasteiger partial charge in [0.2, 0.25) is 11.9 Å². The highest BCUT2D eigenvalue weighted by molar-refractivity contribution is 5.78. The smallest absolute Gasteiger partial charge is 0.306 e. The largest absolute Gasteiger partial charge is 0.469 e. The molecule has 13 nitrogen and oxygen atoms in total. The van der Waals surface area contributed by atoms with E-state index in [-0.39, 0.29) is 30.4 Å². The number of nitrogens with one attached hydrogen (secondary N) is 2. The summed E-state index contributed by atoms with van der Waals surface area (Å²) in [7, 11) is 1.40. The molecule has 2 saturated heterocycles. The second-order valence-electron chi connectivity index (χ2n) is 12.2. The number of anilines is 2. The highest BCUT2D eigenvalue weighted by atomic mass is 16.5. The number of ether oxygens (including phenoxy) is 1. The van der Waals surface area contributed by atoms with Crippen LogP contribution in [0, 0.1) is 6.92 Å². The van der Waals surface area contributed by atoms with Crippen LogP contribution in [0.1, 0.15) is 30.4 Å². The highest BCUT2D eigenvalue weighted by Crippen LogP contribution is 2.37. The molecule has 3 aromatic rings. The van der Waals surface area contributed by atoms with Crippen molar-refractivity contribution in [2.24, 2.45) is 0 Å². The fourth-order valence-corrected chi connectivity index (χ4v) is 6.42. The molecule has 5 heterocycles. The molecule has 1 aromatic carbocycles. The number of pyridine rings is 1. The van der Waals surface area contributed by atoms with Gasteiger partial charge in [0, 0.05) is 63.6 Å². The van der Waals surface area contributed by atoms with Crippen LogP contribution >= 0.6 is 0 Å². The van der Waals surface area contributed by atoms with Gasteiger partial charge in [-0.1, -0.05) is 29.8 Å². The third-order valence-corrected chi connectivity index (χ3v) is 9.32. The van der Waals surface area contributed by atoms with Gasteiger partial charge in [0.05, 0.1) is 38.1 Å². The number of hydrogen-bond acceptors (Lipinski definition) is 11. The van der Waals surface area contributed by atoms with E-state index in [0.29, 0.717) is 38.5 Å². The molecule has 0 saturated carbocycles. The average molecular weight is 618 g/mol. The fraction of sp³-hybridized carbons (Fsp3) is 0.500. The molecule has 3 aliphatic rings. The number of aromatic nitrogens is 3. The molecule has 45 heavy (non-hydrogen) atoms. The zero-order valence-electron chi connectivity index (χ0n) is 26.1. The number of benzene rings is 1. The van der Waals surface area contributed by atoms with E-state index in [2.05, 4.69) is 62.9 Å². The van der Waals surface area contributed by atoms with Gasteiger partial charge in [-0.2, -0.15) is 4.98 Å². The number of aliphatic hydroxyl groups is 1. The van der Waals surface area contributed by atoms with Crippen molar-refractivity contribution in [1.29, 1.82) is 0 Å². The van der Waals surface area contributed by atoms with Gasteiger partial charge in [-0.25, -0.2) is 9.94 Å². The first kappa shape index (κ1) is 30.8. The summed E-state index contributed by atoms with van der Waals surface area (Å²) in [6, 6.07) is 12.6. The molecule has 2 fully saturated rings. The monoisotopic (exact) mass is 617 g/mol. The van der Waals surface area contributed by atoms with E-state index in [1.54, 1.807) is 9.52 Å². The van der Waals surface area contributed by atoms with E-state index >= 15 is 0 Å². The summed E-state index contributed by atoms with van der Waals surface area (Å²) in [5.41, 5.74) is 8.10. The molecule has 3 N–H and O–H groups in total. The highest BCUT2D eigenvalue weighted by Gasteiger charge is 2.36. The Labute approximate surface area is 263 Å². The number of hydrogen-bond donors (Lipinski definition) is 3. The van der Waals surface area contributed by atoms with Crippen molar-refractivity contribution >= 4 is 29.2 Å². The van der Waals surface area contributed by atoms with Crippen molar-refractivity contribution in [3.63, 3.8) is 0 Å². The number of piperidine rings is 1. The van der Waals surface area contributed by atoms with Crippen LogP contribution in [0.15, 0.2) is 54.5 Å². The third kappa shape index (κ3) is 6.90. The number of hydrazine groups is 1. The third-order valence-electron chi connectivity index (χ3n) is 9.32. The van der Waals surface area contributed by atoms with Gasteiger partial charge < -0.3 is 30.0 Å². The van der Waals surface area contributed by atoms with Gasteiger partial charge in [-0.3, -0.25) is 14.5 Å². The number of esters is 1. The first-order chi connectivity index (χ1) is 21.9. The number of methoxy groups -OCH3 is 1. The summed E-state index contributed by atoms with van der Waals surface area (Å²) in [6.07, 6.45) is 5.85. The van der Waals surface area contributed by atoms with E-state index in [4.69, 9.17) is 9.72 Å². The lowest BCUT2D eigenvalue weighted by molar-refractivity contribution is -0.141. The van der Waals surface area contributed by atoms with Crippen LogP contribution in [0.5, 0.6) is 0 Å². The Bertz CT molecular complexity index is 1520. The predicted molar refractivity (Wildman–Crippen MR) is 170 cm³/mol. The molecule has 0 aliphatic carbocycles. The molecule has 1 amide bonds. The first-order valence-electron chi connectivity index (χ1n) is 15.7. The molecule has 0 radical (unpaired) electrons. The Balaban J connectivity index is 1.04. The van der Waals surface area contributed by atoms with Crippen LogP contribution in [-0.2, 0) is 19.7 Å². The first-order valence-corrected chi connectivity index (χ1v) is 15.7. The summed E-state index contributed by atoms with van der Waals surface area (Å²) in [5.74, 6) is 0.334. The van der Waals surface area contributed by atoms with Gasteiger partial charge in [0.15, 0.2) is 5.65 Å². The molecule has 13 heteroatoms. The maximum absolute atomic E-state index is 13.0.